The van der Waals surface area contributed by atoms with Crippen LogP contribution in [0.2, 0.25) is 5.15 Å². The summed E-state index contributed by atoms with van der Waals surface area (Å²) in [7, 11) is 0. The zero-order chi connectivity index (χ0) is 8.97. The Morgan fingerprint density at radius 3 is 2.92 bits per heavy atom. The normalized spacial score (nSPS) is 13.2. The third kappa shape index (κ3) is 2.90. The molecular weight excluding hydrogens is 216 g/mol. The van der Waals surface area contributed by atoms with Gasteiger partial charge >= 0.3 is 0 Å². The van der Waals surface area contributed by atoms with E-state index in [2.05, 4.69) is 8.75 Å². The highest BCUT2D eigenvalue weighted by Crippen LogP contribution is 2.29. The van der Waals surface area contributed by atoms with E-state index < -0.39 is 0 Å². The summed E-state index contributed by atoms with van der Waals surface area (Å²) >= 11 is 8.39. The predicted octanol–water partition coefficient (Wildman–Crippen LogP) is 2.05. The molecule has 0 aliphatic carbocycles. The van der Waals surface area contributed by atoms with Crippen LogP contribution in [0.1, 0.15) is 13.3 Å². The van der Waals surface area contributed by atoms with E-state index in [1.807, 2.05) is 6.92 Å². The minimum atomic E-state index is 0.198. The summed E-state index contributed by atoms with van der Waals surface area (Å²) in [4.78, 5) is 0. The van der Waals surface area contributed by atoms with E-state index in [-0.39, 0.29) is 6.61 Å². The van der Waals surface area contributed by atoms with Crippen LogP contribution in [-0.2, 0) is 0 Å². The van der Waals surface area contributed by atoms with Gasteiger partial charge in [-0.2, -0.15) is 8.75 Å². The summed E-state index contributed by atoms with van der Waals surface area (Å²) in [6.07, 6.45) is 0.749. The predicted molar refractivity (Wildman–Crippen MR) is 51.9 cm³/mol. The average Bonchev–Trinajstić information content (AvgIpc) is 2.37. The van der Waals surface area contributed by atoms with Gasteiger partial charge in [-0.25, -0.2) is 0 Å². The number of aliphatic hydroxyl groups excluding tert-OH is 1. The van der Waals surface area contributed by atoms with Crippen LogP contribution in [0.4, 0.5) is 0 Å². The van der Waals surface area contributed by atoms with Crippen molar-refractivity contribution in [3.8, 4) is 0 Å². The Morgan fingerprint density at radius 1 is 1.67 bits per heavy atom. The molecule has 0 bridgehead atoms. The van der Waals surface area contributed by atoms with E-state index in [1.165, 1.54) is 0 Å². The Balaban J connectivity index is 2.46. The Bertz CT molecular complexity index is 243. The molecule has 0 fully saturated rings. The molecule has 0 radical (unpaired) electrons. The van der Waals surface area contributed by atoms with Crippen LogP contribution in [0, 0.1) is 0 Å². The molecular formula is C6H9ClN2OS2. The molecule has 68 valence electrons. The molecule has 1 rings (SSSR count). The average molecular weight is 225 g/mol. The smallest absolute Gasteiger partial charge is 0.176 e. The van der Waals surface area contributed by atoms with Crippen LogP contribution < -0.4 is 0 Å². The summed E-state index contributed by atoms with van der Waals surface area (Å²) in [5.41, 5.74) is 0. The van der Waals surface area contributed by atoms with Crippen LogP contribution in [0.5, 0.6) is 0 Å². The number of halogens is 1. The van der Waals surface area contributed by atoms with Crippen molar-refractivity contribution in [3.05, 3.63) is 5.15 Å². The fraction of sp³-hybridized carbons (Fsp3) is 0.667. The van der Waals surface area contributed by atoms with Gasteiger partial charge in [-0.3, -0.25) is 0 Å². The molecule has 1 atom stereocenters. The molecule has 1 N–H and O–H groups in total. The fourth-order valence-electron chi connectivity index (χ4n) is 0.671. The van der Waals surface area contributed by atoms with Gasteiger partial charge in [0.05, 0.1) is 11.7 Å². The molecule has 1 heterocycles. The van der Waals surface area contributed by atoms with Gasteiger partial charge in [-0.1, -0.05) is 30.3 Å². The zero-order valence-corrected chi connectivity index (χ0v) is 8.92. The van der Waals surface area contributed by atoms with Gasteiger partial charge in [0, 0.05) is 11.9 Å². The first kappa shape index (κ1) is 10.2. The maximum atomic E-state index is 8.65. The van der Waals surface area contributed by atoms with Gasteiger partial charge in [0.25, 0.3) is 0 Å². The van der Waals surface area contributed by atoms with E-state index >= 15 is 0 Å². The van der Waals surface area contributed by atoms with Crippen molar-refractivity contribution >= 4 is 35.1 Å². The van der Waals surface area contributed by atoms with Crippen LogP contribution >= 0.6 is 35.1 Å². The standard InChI is InChI=1S/C6H9ClN2OS2/c1-4(2-3-10)11-6-5(7)8-12-9-6/h4,10H,2-3H2,1H3. The Kier molecular flexibility index (Phi) is 4.28. The van der Waals surface area contributed by atoms with E-state index in [4.69, 9.17) is 16.7 Å². The second-order valence-electron chi connectivity index (χ2n) is 2.30. The maximum absolute atomic E-state index is 8.65. The Hall–Kier alpha value is 0.160. The van der Waals surface area contributed by atoms with Gasteiger partial charge in [-0.05, 0) is 6.42 Å². The highest BCUT2D eigenvalue weighted by Gasteiger charge is 2.10. The van der Waals surface area contributed by atoms with Crippen molar-refractivity contribution in [2.24, 2.45) is 0 Å². The van der Waals surface area contributed by atoms with Gasteiger partial charge in [0.2, 0.25) is 0 Å². The number of aromatic nitrogens is 2. The number of aliphatic hydroxyl groups is 1. The summed E-state index contributed by atoms with van der Waals surface area (Å²) in [5.74, 6) is 0. The quantitative estimate of drug-likeness (QED) is 0.796. The summed E-state index contributed by atoms with van der Waals surface area (Å²) in [6.45, 7) is 2.22. The zero-order valence-electron chi connectivity index (χ0n) is 6.53. The molecule has 0 aromatic carbocycles. The third-order valence-corrected chi connectivity index (χ3v) is 3.54. The lowest BCUT2D eigenvalue weighted by Gasteiger charge is -2.05. The molecule has 0 amide bonds. The fourth-order valence-corrected chi connectivity index (χ4v) is 2.43. The second kappa shape index (κ2) is 5.01. The summed E-state index contributed by atoms with van der Waals surface area (Å²) in [5, 5.41) is 10.2. The highest BCUT2D eigenvalue weighted by atomic mass is 35.5. The van der Waals surface area contributed by atoms with Gasteiger partial charge in [0.1, 0.15) is 5.03 Å². The number of rotatable bonds is 4. The van der Waals surface area contributed by atoms with Crippen molar-refractivity contribution in [2.75, 3.05) is 6.61 Å². The molecule has 0 saturated heterocycles. The molecule has 12 heavy (non-hydrogen) atoms. The van der Waals surface area contributed by atoms with Crippen LogP contribution in [0.15, 0.2) is 5.03 Å². The van der Waals surface area contributed by atoms with Crippen molar-refractivity contribution in [1.29, 1.82) is 0 Å². The minimum Gasteiger partial charge on any atom is -0.396 e. The van der Waals surface area contributed by atoms with Crippen molar-refractivity contribution in [3.63, 3.8) is 0 Å². The number of hydrogen-bond donors (Lipinski definition) is 1. The van der Waals surface area contributed by atoms with Crippen molar-refractivity contribution < 1.29 is 5.11 Å². The maximum Gasteiger partial charge on any atom is 0.176 e. The van der Waals surface area contributed by atoms with Crippen molar-refractivity contribution in [1.82, 2.24) is 8.75 Å². The molecule has 1 aromatic heterocycles. The van der Waals surface area contributed by atoms with E-state index in [9.17, 15) is 0 Å². The first-order valence-electron chi connectivity index (χ1n) is 3.49. The molecule has 0 saturated carbocycles. The van der Waals surface area contributed by atoms with Crippen LogP contribution in [0.3, 0.4) is 0 Å². The van der Waals surface area contributed by atoms with Gasteiger partial charge in [-0.15, -0.1) is 0 Å². The number of nitrogens with zero attached hydrogens (tertiary/aromatic N) is 2. The lowest BCUT2D eigenvalue weighted by atomic mass is 10.3. The summed E-state index contributed by atoms with van der Waals surface area (Å²) in [6, 6.07) is 0. The molecule has 0 aliphatic rings. The van der Waals surface area contributed by atoms with Crippen LogP contribution in [0.25, 0.3) is 0 Å². The lowest BCUT2D eigenvalue weighted by Crippen LogP contribution is -1.98. The molecule has 3 nitrogen and oxygen atoms in total. The minimum absolute atomic E-state index is 0.198. The van der Waals surface area contributed by atoms with E-state index in [0.717, 1.165) is 23.2 Å². The molecule has 0 spiro atoms. The largest absolute Gasteiger partial charge is 0.396 e. The molecule has 1 aromatic rings. The summed E-state index contributed by atoms with van der Waals surface area (Å²) < 4.78 is 7.86. The number of thioether (sulfide) groups is 1. The second-order valence-corrected chi connectivity index (χ2v) is 4.61. The topological polar surface area (TPSA) is 46.0 Å². The Labute approximate surface area is 84.5 Å². The first-order chi connectivity index (χ1) is 5.74. The van der Waals surface area contributed by atoms with E-state index in [1.54, 1.807) is 11.8 Å². The molecule has 6 heteroatoms. The SMILES string of the molecule is CC(CCO)Sc1nsnc1Cl. The van der Waals surface area contributed by atoms with Gasteiger partial charge in [0.15, 0.2) is 5.15 Å². The van der Waals surface area contributed by atoms with Crippen LogP contribution in [-0.4, -0.2) is 25.7 Å². The molecule has 1 unspecified atom stereocenters. The first-order valence-corrected chi connectivity index (χ1v) is 5.48. The van der Waals surface area contributed by atoms with E-state index in [0.29, 0.717) is 10.4 Å². The highest BCUT2D eigenvalue weighted by molar-refractivity contribution is 8.00. The number of hydrogen-bond acceptors (Lipinski definition) is 5. The lowest BCUT2D eigenvalue weighted by molar-refractivity contribution is 0.289. The van der Waals surface area contributed by atoms with Crippen molar-refractivity contribution in [2.45, 2.75) is 23.6 Å². The third-order valence-electron chi connectivity index (χ3n) is 1.27. The van der Waals surface area contributed by atoms with Gasteiger partial charge < -0.3 is 5.11 Å². The monoisotopic (exact) mass is 224 g/mol. The Morgan fingerprint density at radius 2 is 2.42 bits per heavy atom. The molecule has 0 aliphatic heterocycles.